The summed E-state index contributed by atoms with van der Waals surface area (Å²) in [4.78, 5) is 25.2. The predicted octanol–water partition coefficient (Wildman–Crippen LogP) is 4.57. The average molecular weight is 425 g/mol. The number of carbonyl (C=O) groups excluding carboxylic acids is 2. The van der Waals surface area contributed by atoms with E-state index < -0.39 is 23.6 Å². The molecule has 0 aliphatic carbocycles. The maximum absolute atomic E-state index is 13.5. The number of rotatable bonds is 3. The minimum atomic E-state index is -4.52. The standard InChI is InChI=1S/C23H18F3N3O2/c1-14-12-16(15(2)28(14)20-11-7-6-10-19(20)23(24,25)26)13-18-21(30)27-29(22(18)31)17-8-4-3-5-9-17/h3-13H,1-2H3,(H,27,30). The van der Waals surface area contributed by atoms with Crippen LogP contribution in [0.15, 0.2) is 66.2 Å². The second-order valence-corrected chi connectivity index (χ2v) is 7.15. The first-order valence-corrected chi connectivity index (χ1v) is 9.46. The highest BCUT2D eigenvalue weighted by Crippen LogP contribution is 2.36. The van der Waals surface area contributed by atoms with Crippen LogP contribution >= 0.6 is 0 Å². The molecular weight excluding hydrogens is 407 g/mol. The number of hydrogen-bond acceptors (Lipinski definition) is 2. The number of nitrogens with one attached hydrogen (secondary N) is 1. The Morgan fingerprint density at radius 1 is 0.935 bits per heavy atom. The number of halogens is 3. The van der Waals surface area contributed by atoms with Crippen molar-refractivity contribution in [2.75, 3.05) is 5.01 Å². The number of benzene rings is 2. The summed E-state index contributed by atoms with van der Waals surface area (Å²) in [5.74, 6) is -1.11. The van der Waals surface area contributed by atoms with Gasteiger partial charge in [-0.25, -0.2) is 5.01 Å². The number of para-hydroxylation sites is 2. The molecule has 158 valence electrons. The highest BCUT2D eigenvalue weighted by molar-refractivity contribution is 6.31. The molecule has 0 unspecified atom stereocenters. The van der Waals surface area contributed by atoms with E-state index in [0.29, 0.717) is 22.6 Å². The third-order valence-corrected chi connectivity index (χ3v) is 5.13. The first-order valence-electron chi connectivity index (χ1n) is 9.46. The maximum atomic E-state index is 13.5. The Balaban J connectivity index is 1.77. The van der Waals surface area contributed by atoms with Crippen molar-refractivity contribution in [2.45, 2.75) is 20.0 Å². The van der Waals surface area contributed by atoms with Gasteiger partial charge >= 0.3 is 6.18 Å². The van der Waals surface area contributed by atoms with E-state index in [1.807, 2.05) is 0 Å². The summed E-state index contributed by atoms with van der Waals surface area (Å²) in [6.07, 6.45) is -3.11. The van der Waals surface area contributed by atoms with Crippen LogP contribution in [0.25, 0.3) is 11.8 Å². The molecule has 5 nitrogen and oxygen atoms in total. The zero-order valence-electron chi connectivity index (χ0n) is 16.7. The molecule has 0 bridgehead atoms. The lowest BCUT2D eigenvalue weighted by atomic mass is 10.1. The van der Waals surface area contributed by atoms with Gasteiger partial charge < -0.3 is 4.57 Å². The molecule has 31 heavy (non-hydrogen) atoms. The number of hydrogen-bond donors (Lipinski definition) is 1. The van der Waals surface area contributed by atoms with Gasteiger partial charge in [-0.15, -0.1) is 0 Å². The minimum absolute atomic E-state index is 0.0113. The van der Waals surface area contributed by atoms with Crippen molar-refractivity contribution in [3.63, 3.8) is 0 Å². The van der Waals surface area contributed by atoms with E-state index in [1.54, 1.807) is 50.2 Å². The van der Waals surface area contributed by atoms with Crippen LogP contribution in [0.4, 0.5) is 18.9 Å². The van der Waals surface area contributed by atoms with Gasteiger partial charge in [-0.2, -0.15) is 13.2 Å². The van der Waals surface area contributed by atoms with Crippen LogP contribution in [0.5, 0.6) is 0 Å². The molecule has 2 heterocycles. The van der Waals surface area contributed by atoms with Crippen molar-refractivity contribution in [3.8, 4) is 5.69 Å². The molecule has 1 saturated heterocycles. The topological polar surface area (TPSA) is 54.3 Å². The first-order chi connectivity index (χ1) is 14.7. The van der Waals surface area contributed by atoms with Gasteiger partial charge in [0.1, 0.15) is 5.57 Å². The second kappa shape index (κ2) is 7.46. The van der Waals surface area contributed by atoms with E-state index in [9.17, 15) is 22.8 Å². The fourth-order valence-electron chi connectivity index (χ4n) is 3.68. The number of aromatic nitrogens is 1. The molecule has 4 rings (SSSR count). The van der Waals surface area contributed by atoms with Crippen LogP contribution in [0.2, 0.25) is 0 Å². The Bertz CT molecular complexity index is 1210. The largest absolute Gasteiger partial charge is 0.418 e. The molecule has 0 radical (unpaired) electrons. The van der Waals surface area contributed by atoms with E-state index in [2.05, 4.69) is 5.43 Å². The van der Waals surface area contributed by atoms with E-state index in [-0.39, 0.29) is 11.3 Å². The predicted molar refractivity (Wildman–Crippen MR) is 110 cm³/mol. The minimum Gasteiger partial charge on any atom is -0.317 e. The van der Waals surface area contributed by atoms with Crippen LogP contribution in [-0.2, 0) is 15.8 Å². The monoisotopic (exact) mass is 425 g/mol. The fraction of sp³-hybridized carbons (Fsp3) is 0.130. The highest BCUT2D eigenvalue weighted by Gasteiger charge is 2.36. The third kappa shape index (κ3) is 3.61. The van der Waals surface area contributed by atoms with E-state index in [0.717, 1.165) is 11.1 Å². The SMILES string of the molecule is Cc1cc(C=C2C(=O)NN(c3ccccc3)C2=O)c(C)n1-c1ccccc1C(F)(F)F. The Hall–Kier alpha value is -3.81. The van der Waals surface area contributed by atoms with Gasteiger partial charge in [0.15, 0.2) is 0 Å². The summed E-state index contributed by atoms with van der Waals surface area (Å²) in [7, 11) is 0. The van der Waals surface area contributed by atoms with Crippen LogP contribution < -0.4 is 10.4 Å². The number of alkyl halides is 3. The lowest BCUT2D eigenvalue weighted by Crippen LogP contribution is -2.35. The quantitative estimate of drug-likeness (QED) is 0.494. The van der Waals surface area contributed by atoms with Crippen molar-refractivity contribution in [1.82, 2.24) is 9.99 Å². The molecule has 2 aromatic carbocycles. The number of amides is 2. The molecule has 0 atom stereocenters. The molecule has 0 spiro atoms. The van der Waals surface area contributed by atoms with Gasteiger partial charge in [-0.05, 0) is 55.8 Å². The second-order valence-electron chi connectivity index (χ2n) is 7.15. The molecule has 1 aliphatic rings. The van der Waals surface area contributed by atoms with Gasteiger partial charge in [0.2, 0.25) is 0 Å². The number of nitrogens with zero attached hydrogens (tertiary/aromatic N) is 2. The molecule has 1 N–H and O–H groups in total. The third-order valence-electron chi connectivity index (χ3n) is 5.13. The summed E-state index contributed by atoms with van der Waals surface area (Å²) in [5, 5.41) is 1.15. The van der Waals surface area contributed by atoms with E-state index >= 15 is 0 Å². The summed E-state index contributed by atoms with van der Waals surface area (Å²) < 4.78 is 42.0. The Morgan fingerprint density at radius 2 is 1.58 bits per heavy atom. The molecule has 8 heteroatoms. The Kier molecular flexibility index (Phi) is 4.93. The Morgan fingerprint density at radius 3 is 2.26 bits per heavy atom. The van der Waals surface area contributed by atoms with Crippen LogP contribution in [-0.4, -0.2) is 16.4 Å². The molecular formula is C23H18F3N3O2. The normalized spacial score (nSPS) is 15.6. The summed E-state index contributed by atoms with van der Waals surface area (Å²) >= 11 is 0. The number of carbonyl (C=O) groups is 2. The van der Waals surface area contributed by atoms with Crippen molar-refractivity contribution in [3.05, 3.63) is 88.8 Å². The first kappa shape index (κ1) is 20.5. The van der Waals surface area contributed by atoms with E-state index in [1.165, 1.54) is 28.8 Å². The molecule has 3 aromatic rings. The van der Waals surface area contributed by atoms with Crippen LogP contribution in [0, 0.1) is 13.8 Å². The van der Waals surface area contributed by atoms with Gasteiger partial charge in [0.05, 0.1) is 16.9 Å². The summed E-state index contributed by atoms with van der Waals surface area (Å²) in [6.45, 7) is 3.33. The molecule has 0 saturated carbocycles. The van der Waals surface area contributed by atoms with Crippen molar-refractivity contribution in [1.29, 1.82) is 0 Å². The lowest BCUT2D eigenvalue weighted by molar-refractivity contribution is -0.137. The van der Waals surface area contributed by atoms with Crippen molar-refractivity contribution >= 4 is 23.6 Å². The zero-order chi connectivity index (χ0) is 22.3. The number of anilines is 1. The molecule has 1 aliphatic heterocycles. The fourth-order valence-corrected chi connectivity index (χ4v) is 3.68. The van der Waals surface area contributed by atoms with Crippen LogP contribution in [0.1, 0.15) is 22.5 Å². The van der Waals surface area contributed by atoms with Crippen molar-refractivity contribution < 1.29 is 22.8 Å². The van der Waals surface area contributed by atoms with Gasteiger partial charge in [0.25, 0.3) is 11.8 Å². The van der Waals surface area contributed by atoms with Crippen molar-refractivity contribution in [2.24, 2.45) is 0 Å². The smallest absolute Gasteiger partial charge is 0.317 e. The zero-order valence-corrected chi connectivity index (χ0v) is 16.7. The lowest BCUT2D eigenvalue weighted by Gasteiger charge is -2.16. The highest BCUT2D eigenvalue weighted by atomic mass is 19.4. The Labute approximate surface area is 176 Å². The van der Waals surface area contributed by atoms with Gasteiger partial charge in [0, 0.05) is 11.4 Å². The maximum Gasteiger partial charge on any atom is 0.418 e. The van der Waals surface area contributed by atoms with Gasteiger partial charge in [-0.3, -0.25) is 15.0 Å². The average Bonchev–Trinajstić information content (AvgIpc) is 3.17. The summed E-state index contributed by atoms with van der Waals surface area (Å²) in [6, 6.07) is 15.6. The molecule has 2 amide bonds. The van der Waals surface area contributed by atoms with E-state index in [4.69, 9.17) is 0 Å². The molecule has 1 aromatic heterocycles. The molecule has 1 fully saturated rings. The summed E-state index contributed by atoms with van der Waals surface area (Å²) in [5.41, 5.74) is 3.68. The van der Waals surface area contributed by atoms with Gasteiger partial charge in [-0.1, -0.05) is 30.3 Å². The van der Waals surface area contributed by atoms with Crippen LogP contribution in [0.3, 0.4) is 0 Å². The number of aryl methyl sites for hydroxylation is 1. The number of hydrazine groups is 1.